The number of hydrogen-bond acceptors (Lipinski definition) is 4. The minimum atomic E-state index is -1.04. The Balaban J connectivity index is 2.11. The zero-order chi connectivity index (χ0) is 13.7. The number of aromatic nitrogens is 1. The quantitative estimate of drug-likeness (QED) is 0.818. The van der Waals surface area contributed by atoms with Crippen LogP contribution >= 0.6 is 0 Å². The zero-order valence-electron chi connectivity index (χ0n) is 9.74. The molecule has 0 radical (unpaired) electrons. The molecule has 0 unspecified atom stereocenters. The van der Waals surface area contributed by atoms with Gasteiger partial charge in [-0.3, -0.25) is 4.79 Å². The van der Waals surface area contributed by atoms with Crippen molar-refractivity contribution in [3.05, 3.63) is 54.1 Å². The van der Waals surface area contributed by atoms with Gasteiger partial charge < -0.3 is 14.8 Å². The van der Waals surface area contributed by atoms with Gasteiger partial charge in [-0.1, -0.05) is 0 Å². The lowest BCUT2D eigenvalue weighted by atomic mass is 10.2. The number of carboxylic acids is 1. The Bertz CT molecular complexity index is 617. The molecule has 0 aliphatic carbocycles. The van der Waals surface area contributed by atoms with E-state index in [0.717, 1.165) is 6.08 Å². The molecule has 96 valence electrons. The lowest BCUT2D eigenvalue weighted by Gasteiger charge is -2.02. The fourth-order valence-corrected chi connectivity index (χ4v) is 1.37. The van der Waals surface area contributed by atoms with E-state index in [1.54, 1.807) is 18.2 Å². The van der Waals surface area contributed by atoms with Crippen molar-refractivity contribution in [3.8, 4) is 0 Å². The fraction of sp³-hybridized carbons (Fsp3) is 0. The molecular formula is C13H10N2O4. The van der Waals surface area contributed by atoms with Gasteiger partial charge in [0.25, 0.3) is 5.91 Å². The number of aliphatic carboxylic acids is 1. The van der Waals surface area contributed by atoms with E-state index in [1.165, 1.54) is 24.6 Å². The van der Waals surface area contributed by atoms with Crippen molar-refractivity contribution in [1.29, 1.82) is 0 Å². The van der Waals surface area contributed by atoms with Crippen LogP contribution in [0.5, 0.6) is 0 Å². The second kappa shape index (κ2) is 5.63. The fourth-order valence-electron chi connectivity index (χ4n) is 1.37. The molecule has 0 aliphatic heterocycles. The van der Waals surface area contributed by atoms with E-state index in [1.807, 2.05) is 0 Å². The minimum absolute atomic E-state index is 0.174. The molecule has 2 rings (SSSR count). The number of hydrogen-bond donors (Lipinski definition) is 2. The molecule has 0 bridgehead atoms. The minimum Gasteiger partial charge on any atom is -0.478 e. The standard InChI is InChI=1S/C13H10N2O4/c16-12(17)4-3-9-5-6-14-11(8-9)15-13(18)10-2-1-7-19-10/h1-8H,(H,16,17)(H,14,15,18)/b4-3+. The number of rotatable bonds is 4. The van der Waals surface area contributed by atoms with Crippen LogP contribution in [0.15, 0.2) is 47.2 Å². The van der Waals surface area contributed by atoms with E-state index >= 15 is 0 Å². The first kappa shape index (κ1) is 12.6. The maximum atomic E-state index is 11.7. The predicted molar refractivity (Wildman–Crippen MR) is 67.6 cm³/mol. The van der Waals surface area contributed by atoms with Crippen LogP contribution in [0.3, 0.4) is 0 Å². The Morgan fingerprint density at radius 1 is 1.37 bits per heavy atom. The number of carbonyl (C=O) groups excluding carboxylic acids is 1. The third-order valence-corrected chi connectivity index (χ3v) is 2.19. The number of furan rings is 1. The summed E-state index contributed by atoms with van der Waals surface area (Å²) >= 11 is 0. The number of nitrogens with one attached hydrogen (secondary N) is 1. The molecule has 6 nitrogen and oxygen atoms in total. The SMILES string of the molecule is O=C(O)/C=C/c1ccnc(NC(=O)c2ccco2)c1. The van der Waals surface area contributed by atoms with Crippen molar-refractivity contribution < 1.29 is 19.1 Å². The van der Waals surface area contributed by atoms with Gasteiger partial charge in [-0.05, 0) is 35.9 Å². The van der Waals surface area contributed by atoms with E-state index in [2.05, 4.69) is 10.3 Å². The highest BCUT2D eigenvalue weighted by atomic mass is 16.4. The number of carboxylic acid groups (broad SMARTS) is 1. The summed E-state index contributed by atoms with van der Waals surface area (Å²) < 4.78 is 4.95. The lowest BCUT2D eigenvalue weighted by molar-refractivity contribution is -0.131. The Kier molecular flexibility index (Phi) is 3.72. The van der Waals surface area contributed by atoms with E-state index in [-0.39, 0.29) is 5.76 Å². The molecule has 0 saturated heterocycles. The van der Waals surface area contributed by atoms with E-state index in [4.69, 9.17) is 9.52 Å². The van der Waals surface area contributed by atoms with Crippen molar-refractivity contribution >= 4 is 23.8 Å². The first-order valence-corrected chi connectivity index (χ1v) is 5.37. The molecule has 2 N–H and O–H groups in total. The van der Waals surface area contributed by atoms with Gasteiger partial charge in [0.1, 0.15) is 5.82 Å². The molecule has 0 aliphatic rings. The number of carbonyl (C=O) groups is 2. The molecule has 0 saturated carbocycles. The van der Waals surface area contributed by atoms with Gasteiger partial charge in [0.15, 0.2) is 5.76 Å². The van der Waals surface area contributed by atoms with Gasteiger partial charge in [-0.15, -0.1) is 0 Å². The summed E-state index contributed by atoms with van der Waals surface area (Å²) in [6, 6.07) is 6.32. The van der Waals surface area contributed by atoms with Gasteiger partial charge in [0, 0.05) is 12.3 Å². The topological polar surface area (TPSA) is 92.4 Å². The van der Waals surface area contributed by atoms with Crippen LogP contribution in [0, 0.1) is 0 Å². The Morgan fingerprint density at radius 3 is 2.89 bits per heavy atom. The highest BCUT2D eigenvalue weighted by Gasteiger charge is 2.09. The highest BCUT2D eigenvalue weighted by molar-refractivity contribution is 6.01. The molecule has 1 amide bonds. The molecule has 2 heterocycles. The zero-order valence-corrected chi connectivity index (χ0v) is 9.74. The average molecular weight is 258 g/mol. The second-order valence-electron chi connectivity index (χ2n) is 3.58. The number of amides is 1. The van der Waals surface area contributed by atoms with Gasteiger partial charge in [-0.2, -0.15) is 0 Å². The van der Waals surface area contributed by atoms with Crippen LogP contribution in [-0.2, 0) is 4.79 Å². The number of nitrogens with zero attached hydrogens (tertiary/aromatic N) is 1. The molecule has 0 atom stereocenters. The summed E-state index contributed by atoms with van der Waals surface area (Å²) in [4.78, 5) is 26.1. The highest BCUT2D eigenvalue weighted by Crippen LogP contribution is 2.10. The van der Waals surface area contributed by atoms with Crippen molar-refractivity contribution in [3.63, 3.8) is 0 Å². The van der Waals surface area contributed by atoms with Gasteiger partial charge in [-0.25, -0.2) is 9.78 Å². The number of pyridine rings is 1. The predicted octanol–water partition coefficient (Wildman–Crippen LogP) is 2.02. The molecule has 0 spiro atoms. The summed E-state index contributed by atoms with van der Waals surface area (Å²) in [5, 5.41) is 11.1. The third-order valence-electron chi connectivity index (χ3n) is 2.19. The van der Waals surface area contributed by atoms with Crippen LogP contribution in [0.1, 0.15) is 16.1 Å². The first-order valence-electron chi connectivity index (χ1n) is 5.37. The lowest BCUT2D eigenvalue weighted by Crippen LogP contribution is -2.11. The maximum Gasteiger partial charge on any atom is 0.328 e. The molecule has 19 heavy (non-hydrogen) atoms. The van der Waals surface area contributed by atoms with Gasteiger partial charge in [0.05, 0.1) is 6.26 Å². The Labute approximate surface area is 108 Å². The second-order valence-corrected chi connectivity index (χ2v) is 3.58. The molecule has 2 aromatic rings. The third kappa shape index (κ3) is 3.53. The average Bonchev–Trinajstić information content (AvgIpc) is 2.91. The molecule has 2 aromatic heterocycles. The van der Waals surface area contributed by atoms with Crippen LogP contribution in [0.4, 0.5) is 5.82 Å². The summed E-state index contributed by atoms with van der Waals surface area (Å²) in [5.41, 5.74) is 0.618. The van der Waals surface area contributed by atoms with Crippen LogP contribution in [-0.4, -0.2) is 22.0 Å². The normalized spacial score (nSPS) is 10.5. The molecular weight excluding hydrogens is 248 g/mol. The van der Waals surface area contributed by atoms with Crippen LogP contribution in [0.25, 0.3) is 6.08 Å². The van der Waals surface area contributed by atoms with Gasteiger partial charge >= 0.3 is 5.97 Å². The van der Waals surface area contributed by atoms with Crippen LogP contribution in [0.2, 0.25) is 0 Å². The summed E-state index contributed by atoms with van der Waals surface area (Å²) in [5.74, 6) is -0.975. The van der Waals surface area contributed by atoms with Gasteiger partial charge in [0.2, 0.25) is 0 Å². The molecule has 0 aromatic carbocycles. The van der Waals surface area contributed by atoms with Crippen molar-refractivity contribution in [2.24, 2.45) is 0 Å². The Morgan fingerprint density at radius 2 is 2.21 bits per heavy atom. The maximum absolute atomic E-state index is 11.7. The van der Waals surface area contributed by atoms with Crippen LogP contribution < -0.4 is 5.32 Å². The number of anilines is 1. The summed E-state index contributed by atoms with van der Waals surface area (Å²) in [6.45, 7) is 0. The van der Waals surface area contributed by atoms with E-state index in [9.17, 15) is 9.59 Å². The smallest absolute Gasteiger partial charge is 0.328 e. The molecule has 0 fully saturated rings. The first-order chi connectivity index (χ1) is 9.15. The van der Waals surface area contributed by atoms with E-state index in [0.29, 0.717) is 11.4 Å². The monoisotopic (exact) mass is 258 g/mol. The Hall–Kier alpha value is -2.89. The van der Waals surface area contributed by atoms with Crippen molar-refractivity contribution in [1.82, 2.24) is 4.98 Å². The van der Waals surface area contributed by atoms with Crippen molar-refractivity contribution in [2.45, 2.75) is 0 Å². The largest absolute Gasteiger partial charge is 0.478 e. The summed E-state index contributed by atoms with van der Waals surface area (Å²) in [7, 11) is 0. The van der Waals surface area contributed by atoms with E-state index < -0.39 is 11.9 Å². The summed E-state index contributed by atoms with van der Waals surface area (Å²) in [6.07, 6.45) is 5.29. The van der Waals surface area contributed by atoms with Crippen molar-refractivity contribution in [2.75, 3.05) is 5.32 Å². The molecule has 6 heteroatoms.